The fourth-order valence-corrected chi connectivity index (χ4v) is 3.56. The summed E-state index contributed by atoms with van der Waals surface area (Å²) in [6.07, 6.45) is -0.873. The van der Waals surface area contributed by atoms with Crippen LogP contribution in [0.5, 0.6) is 0 Å². The first-order valence-corrected chi connectivity index (χ1v) is 8.98. The van der Waals surface area contributed by atoms with E-state index in [2.05, 4.69) is 10.3 Å². The third-order valence-corrected chi connectivity index (χ3v) is 5.22. The van der Waals surface area contributed by atoms with E-state index < -0.39 is 6.09 Å². The van der Waals surface area contributed by atoms with Gasteiger partial charge in [-0.05, 0) is 38.1 Å². The predicted molar refractivity (Wildman–Crippen MR) is 102 cm³/mol. The number of halogens is 1. The van der Waals surface area contributed by atoms with Gasteiger partial charge in [0.2, 0.25) is 0 Å². The number of carbonyl (C=O) groups is 1. The Balaban J connectivity index is 1.71. The zero-order chi connectivity index (χ0) is 17.8. The Hall–Kier alpha value is -2.37. The summed E-state index contributed by atoms with van der Waals surface area (Å²) in [5.41, 5.74) is 2.54. The number of hydrogen-bond acceptors (Lipinski definition) is 4. The number of anilines is 1. The second-order valence-corrected chi connectivity index (χ2v) is 6.98. The van der Waals surface area contributed by atoms with Crippen molar-refractivity contribution in [2.45, 2.75) is 20.0 Å². The Bertz CT molecular complexity index is 863. The van der Waals surface area contributed by atoms with Crippen molar-refractivity contribution in [1.82, 2.24) is 4.98 Å². The van der Waals surface area contributed by atoms with Gasteiger partial charge in [0, 0.05) is 16.3 Å². The number of thiazole rings is 1. The molecule has 0 aliphatic heterocycles. The molecule has 0 aliphatic carbocycles. The lowest BCUT2D eigenvalue weighted by Gasteiger charge is -2.13. The average molecular weight is 373 g/mol. The molecule has 0 fully saturated rings. The number of nitrogens with one attached hydrogen (secondary N) is 1. The molecule has 1 aromatic heterocycles. The molecule has 0 saturated heterocycles. The summed E-state index contributed by atoms with van der Waals surface area (Å²) in [6.45, 7) is 3.76. The first kappa shape index (κ1) is 17.5. The van der Waals surface area contributed by atoms with Crippen molar-refractivity contribution in [2.24, 2.45) is 0 Å². The number of aryl methyl sites for hydroxylation is 1. The topological polar surface area (TPSA) is 51.2 Å². The van der Waals surface area contributed by atoms with E-state index in [1.54, 1.807) is 0 Å². The maximum absolute atomic E-state index is 12.1. The standard InChI is InChI=1S/C19H17ClN2O2S/c1-12-17(25-18(21-12)14-8-10-15(20)11-9-14)13(2)24-19(23)22-16-6-4-3-5-7-16/h3-11,13H,1-2H3,(H,22,23)/t13-/m0/s1. The zero-order valence-corrected chi connectivity index (χ0v) is 15.4. The Kier molecular flexibility index (Phi) is 5.36. The second kappa shape index (κ2) is 7.68. The van der Waals surface area contributed by atoms with Crippen LogP contribution < -0.4 is 5.32 Å². The molecule has 0 radical (unpaired) electrons. The first-order valence-electron chi connectivity index (χ1n) is 7.79. The van der Waals surface area contributed by atoms with Gasteiger partial charge >= 0.3 is 6.09 Å². The number of ether oxygens (including phenoxy) is 1. The molecular formula is C19H17ClN2O2S. The number of amides is 1. The lowest BCUT2D eigenvalue weighted by atomic mass is 10.2. The van der Waals surface area contributed by atoms with Crippen LogP contribution >= 0.6 is 22.9 Å². The van der Waals surface area contributed by atoms with Crippen molar-refractivity contribution in [3.05, 3.63) is 70.2 Å². The lowest BCUT2D eigenvalue weighted by molar-refractivity contribution is 0.122. The Morgan fingerprint density at radius 2 is 1.84 bits per heavy atom. The predicted octanol–water partition coefficient (Wildman–Crippen LogP) is 6.08. The number of nitrogens with zero attached hydrogens (tertiary/aromatic N) is 1. The smallest absolute Gasteiger partial charge is 0.412 e. The van der Waals surface area contributed by atoms with E-state index in [1.165, 1.54) is 11.3 Å². The molecule has 2 aromatic carbocycles. The fraction of sp³-hybridized carbons (Fsp3) is 0.158. The Morgan fingerprint density at radius 1 is 1.16 bits per heavy atom. The fourth-order valence-electron chi connectivity index (χ4n) is 2.38. The van der Waals surface area contributed by atoms with Crippen LogP contribution in [0.25, 0.3) is 10.6 Å². The van der Waals surface area contributed by atoms with Gasteiger partial charge in [-0.15, -0.1) is 11.3 Å². The van der Waals surface area contributed by atoms with Crippen molar-refractivity contribution in [3.8, 4) is 10.6 Å². The van der Waals surface area contributed by atoms with E-state index in [9.17, 15) is 4.79 Å². The Morgan fingerprint density at radius 3 is 2.52 bits per heavy atom. The molecule has 1 amide bonds. The van der Waals surface area contributed by atoms with E-state index in [0.29, 0.717) is 10.7 Å². The monoisotopic (exact) mass is 372 g/mol. The summed E-state index contributed by atoms with van der Waals surface area (Å²) < 4.78 is 5.49. The molecule has 3 aromatic rings. The van der Waals surface area contributed by atoms with Gasteiger partial charge < -0.3 is 4.74 Å². The highest BCUT2D eigenvalue weighted by Crippen LogP contribution is 2.33. The van der Waals surface area contributed by atoms with Crippen LogP contribution in [-0.2, 0) is 4.74 Å². The summed E-state index contributed by atoms with van der Waals surface area (Å²) in [6, 6.07) is 16.7. The highest BCUT2D eigenvalue weighted by Gasteiger charge is 2.19. The van der Waals surface area contributed by atoms with Crippen LogP contribution in [0.15, 0.2) is 54.6 Å². The molecule has 128 valence electrons. The number of carbonyl (C=O) groups excluding carboxylic acids is 1. The molecule has 1 heterocycles. The van der Waals surface area contributed by atoms with Crippen molar-refractivity contribution in [3.63, 3.8) is 0 Å². The van der Waals surface area contributed by atoms with Gasteiger partial charge in [-0.2, -0.15) is 0 Å². The first-order chi connectivity index (χ1) is 12.0. The molecule has 1 N–H and O–H groups in total. The van der Waals surface area contributed by atoms with Crippen molar-refractivity contribution in [2.75, 3.05) is 5.32 Å². The maximum Gasteiger partial charge on any atom is 0.412 e. The van der Waals surface area contributed by atoms with E-state index >= 15 is 0 Å². The molecule has 3 rings (SSSR count). The lowest BCUT2D eigenvalue weighted by Crippen LogP contribution is -2.15. The summed E-state index contributed by atoms with van der Waals surface area (Å²) >= 11 is 7.44. The SMILES string of the molecule is Cc1nc(-c2ccc(Cl)cc2)sc1[C@H](C)OC(=O)Nc1ccccc1. The third kappa shape index (κ3) is 4.38. The Labute approximate surface area is 155 Å². The van der Waals surface area contributed by atoms with Crippen LogP contribution in [0, 0.1) is 6.92 Å². The van der Waals surface area contributed by atoms with Crippen LogP contribution in [0.3, 0.4) is 0 Å². The zero-order valence-electron chi connectivity index (χ0n) is 13.8. The largest absolute Gasteiger partial charge is 0.440 e. The van der Waals surface area contributed by atoms with Gasteiger partial charge in [0.05, 0.1) is 10.6 Å². The minimum atomic E-state index is -0.487. The summed E-state index contributed by atoms with van der Waals surface area (Å²) in [7, 11) is 0. The summed E-state index contributed by atoms with van der Waals surface area (Å²) in [5, 5.41) is 4.28. The molecule has 0 aliphatic rings. The van der Waals surface area contributed by atoms with Crippen LogP contribution in [0.2, 0.25) is 5.02 Å². The van der Waals surface area contributed by atoms with E-state index in [0.717, 1.165) is 21.1 Å². The number of para-hydroxylation sites is 1. The average Bonchev–Trinajstić information content (AvgIpc) is 2.98. The maximum atomic E-state index is 12.1. The molecule has 25 heavy (non-hydrogen) atoms. The highest BCUT2D eigenvalue weighted by atomic mass is 35.5. The van der Waals surface area contributed by atoms with Crippen molar-refractivity contribution < 1.29 is 9.53 Å². The van der Waals surface area contributed by atoms with Crippen LogP contribution in [0.4, 0.5) is 10.5 Å². The van der Waals surface area contributed by atoms with Crippen molar-refractivity contribution in [1.29, 1.82) is 0 Å². The third-order valence-electron chi connectivity index (χ3n) is 3.60. The quantitative estimate of drug-likeness (QED) is 0.603. The van der Waals surface area contributed by atoms with Gasteiger partial charge in [-0.25, -0.2) is 9.78 Å². The number of hydrogen-bond donors (Lipinski definition) is 1. The number of rotatable bonds is 4. The van der Waals surface area contributed by atoms with Gasteiger partial charge in [0.15, 0.2) is 0 Å². The van der Waals surface area contributed by atoms with Crippen LogP contribution in [0.1, 0.15) is 23.6 Å². The minimum absolute atomic E-state index is 0.387. The minimum Gasteiger partial charge on any atom is -0.440 e. The molecule has 1 atom stereocenters. The molecule has 0 saturated carbocycles. The van der Waals surface area contributed by atoms with E-state index in [-0.39, 0.29) is 6.10 Å². The van der Waals surface area contributed by atoms with Crippen molar-refractivity contribution >= 4 is 34.7 Å². The molecule has 4 nitrogen and oxygen atoms in total. The highest BCUT2D eigenvalue weighted by molar-refractivity contribution is 7.15. The van der Waals surface area contributed by atoms with E-state index in [1.807, 2.05) is 68.4 Å². The van der Waals surface area contributed by atoms with Gasteiger partial charge in [-0.3, -0.25) is 5.32 Å². The van der Waals surface area contributed by atoms with E-state index in [4.69, 9.17) is 16.3 Å². The summed E-state index contributed by atoms with van der Waals surface area (Å²) in [5.74, 6) is 0. The molecule has 0 bridgehead atoms. The van der Waals surface area contributed by atoms with Crippen LogP contribution in [-0.4, -0.2) is 11.1 Å². The van der Waals surface area contributed by atoms with Gasteiger partial charge in [0.1, 0.15) is 11.1 Å². The number of benzene rings is 2. The van der Waals surface area contributed by atoms with Gasteiger partial charge in [0.25, 0.3) is 0 Å². The molecule has 6 heteroatoms. The summed E-state index contributed by atoms with van der Waals surface area (Å²) in [4.78, 5) is 17.6. The second-order valence-electron chi connectivity index (χ2n) is 5.51. The van der Waals surface area contributed by atoms with Gasteiger partial charge in [-0.1, -0.05) is 41.9 Å². The molecule has 0 unspecified atom stereocenters. The molecule has 0 spiro atoms. The normalized spacial score (nSPS) is 11.8. The number of aromatic nitrogens is 1. The molecular weight excluding hydrogens is 356 g/mol.